The molecule has 0 spiro atoms. The van der Waals surface area contributed by atoms with Crippen molar-refractivity contribution in [2.75, 3.05) is 0 Å². The summed E-state index contributed by atoms with van der Waals surface area (Å²) in [5, 5.41) is 0. The summed E-state index contributed by atoms with van der Waals surface area (Å²) in [5.74, 6) is 1.54. The summed E-state index contributed by atoms with van der Waals surface area (Å²) in [6.07, 6.45) is 2.59. The fourth-order valence-electron chi connectivity index (χ4n) is 0.500. The van der Waals surface area contributed by atoms with Crippen molar-refractivity contribution in [3.05, 3.63) is 5.92 Å². The second kappa shape index (κ2) is 11.3. The standard InChI is InChI=1S/C6H13.HI.Mg/c1-4-5-6(2)3;;/h4-5H2,1-3H3;1H;/q-1;;+2/p-1. The van der Waals surface area contributed by atoms with Crippen LogP contribution < -0.4 is 24.0 Å². The van der Waals surface area contributed by atoms with Crippen LogP contribution in [0.5, 0.6) is 0 Å². The number of hydrogen-bond donors (Lipinski definition) is 0. The van der Waals surface area contributed by atoms with Crippen molar-refractivity contribution in [1.29, 1.82) is 0 Å². The van der Waals surface area contributed by atoms with Crippen LogP contribution in [-0.4, -0.2) is 23.1 Å². The molecule has 0 rings (SSSR count). The van der Waals surface area contributed by atoms with Gasteiger partial charge in [-0.2, -0.15) is 20.3 Å². The van der Waals surface area contributed by atoms with Gasteiger partial charge in [-0.1, -0.05) is 13.3 Å². The third-order valence-corrected chi connectivity index (χ3v) is 0.750. The van der Waals surface area contributed by atoms with Gasteiger partial charge in [0.25, 0.3) is 0 Å². The van der Waals surface area contributed by atoms with Crippen LogP contribution in [-0.2, 0) is 0 Å². The molecule has 0 aliphatic rings. The van der Waals surface area contributed by atoms with E-state index in [-0.39, 0.29) is 47.0 Å². The molecule has 0 aromatic rings. The molecule has 0 nitrogen and oxygen atoms in total. The van der Waals surface area contributed by atoms with Gasteiger partial charge in [0.05, 0.1) is 0 Å². The Hall–Kier alpha value is 1.50. The molecule has 0 N–H and O–H groups in total. The minimum Gasteiger partial charge on any atom is -1.00 e. The minimum atomic E-state index is 0. The first-order chi connectivity index (χ1) is 2.77. The average Bonchev–Trinajstić information content (AvgIpc) is 1.35. The van der Waals surface area contributed by atoms with Crippen molar-refractivity contribution in [2.45, 2.75) is 33.6 Å². The first kappa shape index (κ1) is 16.2. The van der Waals surface area contributed by atoms with E-state index in [1.807, 2.05) is 0 Å². The van der Waals surface area contributed by atoms with Crippen molar-refractivity contribution in [3.8, 4) is 0 Å². The third-order valence-electron chi connectivity index (χ3n) is 0.750. The minimum absolute atomic E-state index is 0. The molecule has 0 atom stereocenters. The van der Waals surface area contributed by atoms with Crippen LogP contribution in [0.25, 0.3) is 0 Å². The van der Waals surface area contributed by atoms with Crippen LogP contribution in [0.2, 0.25) is 0 Å². The zero-order chi connectivity index (χ0) is 4.99. The predicted octanol–water partition coefficient (Wildman–Crippen LogP) is -0.976. The Balaban J connectivity index is -0.000000125. The van der Waals surface area contributed by atoms with E-state index in [1.165, 1.54) is 18.8 Å². The van der Waals surface area contributed by atoms with Gasteiger partial charge in [-0.15, -0.1) is 0 Å². The van der Waals surface area contributed by atoms with Gasteiger partial charge in [-0.25, -0.2) is 0 Å². The molecule has 0 fully saturated rings. The van der Waals surface area contributed by atoms with E-state index in [2.05, 4.69) is 20.8 Å². The Kier molecular flexibility index (Phi) is 23.0. The molecule has 0 aliphatic carbocycles. The topological polar surface area (TPSA) is 0 Å². The molecule has 0 bridgehead atoms. The Morgan fingerprint density at radius 3 is 1.62 bits per heavy atom. The molecular formula is C6H13IMg. The van der Waals surface area contributed by atoms with Crippen LogP contribution in [0.3, 0.4) is 0 Å². The van der Waals surface area contributed by atoms with Crippen LogP contribution in [0.15, 0.2) is 0 Å². The predicted molar refractivity (Wildman–Crippen MR) is 35.3 cm³/mol. The molecule has 0 heterocycles. The van der Waals surface area contributed by atoms with Crippen LogP contribution in [0.1, 0.15) is 33.6 Å². The SMILES string of the molecule is CCC[C-](C)C.[I-].[Mg+2]. The average molecular weight is 236 g/mol. The quantitative estimate of drug-likeness (QED) is 0.329. The zero-order valence-electron chi connectivity index (χ0n) is 6.00. The molecule has 0 saturated heterocycles. The molecule has 46 valence electrons. The molecular weight excluding hydrogens is 223 g/mol. The van der Waals surface area contributed by atoms with Crippen molar-refractivity contribution in [3.63, 3.8) is 0 Å². The van der Waals surface area contributed by atoms with Gasteiger partial charge in [0, 0.05) is 0 Å². The van der Waals surface area contributed by atoms with Gasteiger partial charge >= 0.3 is 23.1 Å². The number of hydrogen-bond acceptors (Lipinski definition) is 0. The van der Waals surface area contributed by atoms with Crippen molar-refractivity contribution in [2.24, 2.45) is 0 Å². The first-order valence-corrected chi connectivity index (χ1v) is 2.56. The van der Waals surface area contributed by atoms with Crippen molar-refractivity contribution in [1.82, 2.24) is 0 Å². The summed E-state index contributed by atoms with van der Waals surface area (Å²) >= 11 is 0. The van der Waals surface area contributed by atoms with Gasteiger partial charge in [-0.3, -0.25) is 0 Å². The summed E-state index contributed by atoms with van der Waals surface area (Å²) in [5.41, 5.74) is 0. The Morgan fingerprint density at radius 1 is 1.25 bits per heavy atom. The summed E-state index contributed by atoms with van der Waals surface area (Å²) in [7, 11) is 0. The van der Waals surface area contributed by atoms with Gasteiger partial charge in [-0.05, 0) is 0 Å². The largest absolute Gasteiger partial charge is 2.00 e. The normalized spacial score (nSPS) is 7.50. The maximum Gasteiger partial charge on any atom is 2.00 e. The van der Waals surface area contributed by atoms with Gasteiger partial charge in [0.15, 0.2) is 0 Å². The smallest absolute Gasteiger partial charge is 1.00 e. The number of halogens is 1. The van der Waals surface area contributed by atoms with E-state index in [9.17, 15) is 0 Å². The second-order valence-electron chi connectivity index (χ2n) is 1.96. The van der Waals surface area contributed by atoms with E-state index < -0.39 is 0 Å². The first-order valence-electron chi connectivity index (χ1n) is 2.56. The van der Waals surface area contributed by atoms with Gasteiger partial charge in [0.2, 0.25) is 0 Å². The maximum absolute atomic E-state index is 2.20. The Labute approximate surface area is 86.0 Å². The molecule has 0 unspecified atom stereocenters. The van der Waals surface area contributed by atoms with Gasteiger partial charge < -0.3 is 29.9 Å². The Morgan fingerprint density at radius 2 is 1.62 bits per heavy atom. The van der Waals surface area contributed by atoms with Crippen molar-refractivity contribution >= 4 is 23.1 Å². The Bertz CT molecular complexity index is 29.7. The van der Waals surface area contributed by atoms with E-state index in [0.717, 1.165) is 0 Å². The molecule has 0 radical (unpaired) electrons. The summed E-state index contributed by atoms with van der Waals surface area (Å²) < 4.78 is 0. The fraction of sp³-hybridized carbons (Fsp3) is 0.833. The summed E-state index contributed by atoms with van der Waals surface area (Å²) in [4.78, 5) is 0. The van der Waals surface area contributed by atoms with Crippen LogP contribution in [0.4, 0.5) is 0 Å². The summed E-state index contributed by atoms with van der Waals surface area (Å²) in [6.45, 7) is 6.54. The molecule has 8 heavy (non-hydrogen) atoms. The molecule has 0 aliphatic heterocycles. The van der Waals surface area contributed by atoms with E-state index in [1.54, 1.807) is 0 Å². The van der Waals surface area contributed by atoms with E-state index >= 15 is 0 Å². The fourth-order valence-corrected chi connectivity index (χ4v) is 0.500. The molecule has 0 amide bonds. The molecule has 0 aromatic carbocycles. The molecule has 2 heteroatoms. The van der Waals surface area contributed by atoms with Crippen LogP contribution >= 0.6 is 0 Å². The van der Waals surface area contributed by atoms with E-state index in [4.69, 9.17) is 0 Å². The van der Waals surface area contributed by atoms with E-state index in [0.29, 0.717) is 0 Å². The monoisotopic (exact) mass is 236 g/mol. The van der Waals surface area contributed by atoms with Crippen LogP contribution in [0, 0.1) is 5.92 Å². The number of rotatable bonds is 2. The third kappa shape index (κ3) is 15.6. The van der Waals surface area contributed by atoms with Crippen molar-refractivity contribution < 1.29 is 24.0 Å². The summed E-state index contributed by atoms with van der Waals surface area (Å²) in [6, 6.07) is 0. The molecule has 0 aromatic heterocycles. The van der Waals surface area contributed by atoms with Gasteiger partial charge in [0.1, 0.15) is 0 Å². The molecule has 0 saturated carbocycles. The second-order valence-corrected chi connectivity index (χ2v) is 1.96. The maximum atomic E-state index is 2.20. The zero-order valence-corrected chi connectivity index (χ0v) is 9.57.